The van der Waals surface area contributed by atoms with E-state index in [-0.39, 0.29) is 24.6 Å². The minimum absolute atomic E-state index is 0.0106. The van der Waals surface area contributed by atoms with E-state index in [0.717, 1.165) is 17.0 Å². The van der Waals surface area contributed by atoms with Crippen LogP contribution in [0.2, 0.25) is 0 Å². The Kier molecular flexibility index (Phi) is 3.46. The number of carbonyl (C=O) groups excluding carboxylic acids is 2. The van der Waals surface area contributed by atoms with Crippen molar-refractivity contribution in [3.05, 3.63) is 29.6 Å². The zero-order chi connectivity index (χ0) is 14.2. The molecule has 1 aromatic rings. The van der Waals surface area contributed by atoms with Crippen molar-refractivity contribution in [2.45, 2.75) is 19.4 Å². The lowest BCUT2D eigenvalue weighted by atomic mass is 10.2. The van der Waals surface area contributed by atoms with Gasteiger partial charge in [0.25, 0.3) is 0 Å². The molecule has 0 aromatic heterocycles. The second-order valence-corrected chi connectivity index (χ2v) is 4.25. The van der Waals surface area contributed by atoms with Crippen LogP contribution in [0.15, 0.2) is 12.1 Å². The van der Waals surface area contributed by atoms with E-state index >= 15 is 0 Å². The maximum Gasteiger partial charge on any atom is 0.249 e. The van der Waals surface area contributed by atoms with Crippen LogP contribution in [0.4, 0.5) is 18.9 Å². The normalized spacial score (nSPS) is 20.2. The third-order valence-corrected chi connectivity index (χ3v) is 2.86. The Morgan fingerprint density at radius 3 is 2.37 bits per heavy atom. The van der Waals surface area contributed by atoms with Crippen molar-refractivity contribution in [3.8, 4) is 0 Å². The first-order valence-corrected chi connectivity index (χ1v) is 5.65. The van der Waals surface area contributed by atoms with Gasteiger partial charge >= 0.3 is 0 Å². The third-order valence-electron chi connectivity index (χ3n) is 2.86. The van der Waals surface area contributed by atoms with Gasteiger partial charge in [-0.3, -0.25) is 9.59 Å². The van der Waals surface area contributed by atoms with E-state index in [0.29, 0.717) is 0 Å². The average Bonchev–Trinajstić information content (AvgIpc) is 2.46. The molecule has 0 saturated carbocycles. The average molecular weight is 272 g/mol. The molecule has 1 fully saturated rings. The number of rotatable bonds is 1. The summed E-state index contributed by atoms with van der Waals surface area (Å²) in [6.07, 6.45) is 0.0106. The van der Waals surface area contributed by atoms with E-state index in [9.17, 15) is 22.8 Å². The first kappa shape index (κ1) is 13.4. The van der Waals surface area contributed by atoms with Crippen LogP contribution in [-0.4, -0.2) is 24.4 Å². The molecule has 7 heteroatoms. The third kappa shape index (κ3) is 2.54. The van der Waals surface area contributed by atoms with E-state index in [4.69, 9.17) is 0 Å². The van der Waals surface area contributed by atoms with Gasteiger partial charge in [-0.05, 0) is 6.92 Å². The Labute approximate surface area is 107 Å². The summed E-state index contributed by atoms with van der Waals surface area (Å²) in [5.41, 5.74) is -0.107. The van der Waals surface area contributed by atoms with Crippen molar-refractivity contribution < 1.29 is 22.8 Å². The molecule has 0 radical (unpaired) electrons. The number of nitrogens with one attached hydrogen (secondary N) is 1. The monoisotopic (exact) mass is 272 g/mol. The minimum atomic E-state index is -1.59. The molecule has 2 rings (SSSR count). The fraction of sp³-hybridized carbons (Fsp3) is 0.333. The molecule has 1 aromatic carbocycles. The van der Waals surface area contributed by atoms with Gasteiger partial charge in [-0.2, -0.15) is 0 Å². The van der Waals surface area contributed by atoms with Gasteiger partial charge in [0, 0.05) is 30.8 Å². The second kappa shape index (κ2) is 4.91. The highest BCUT2D eigenvalue weighted by molar-refractivity contribution is 6.00. The molecule has 0 bridgehead atoms. The number of amides is 2. The highest BCUT2D eigenvalue weighted by atomic mass is 19.2. The Morgan fingerprint density at radius 1 is 1.21 bits per heavy atom. The number of benzene rings is 1. The Hall–Kier alpha value is -2.05. The molecule has 1 unspecified atom stereocenters. The summed E-state index contributed by atoms with van der Waals surface area (Å²) in [5.74, 6) is -5.17. The predicted molar refractivity (Wildman–Crippen MR) is 60.9 cm³/mol. The van der Waals surface area contributed by atoms with Crippen LogP contribution < -0.4 is 10.2 Å². The van der Waals surface area contributed by atoms with Gasteiger partial charge in [-0.1, -0.05) is 0 Å². The van der Waals surface area contributed by atoms with E-state index in [1.165, 1.54) is 6.92 Å². The van der Waals surface area contributed by atoms with Crippen LogP contribution in [0.25, 0.3) is 0 Å². The van der Waals surface area contributed by atoms with Crippen LogP contribution in [0.3, 0.4) is 0 Å². The molecule has 102 valence electrons. The number of carbonyl (C=O) groups is 2. The lowest BCUT2D eigenvalue weighted by Crippen LogP contribution is -2.42. The highest BCUT2D eigenvalue weighted by Gasteiger charge is 2.28. The van der Waals surface area contributed by atoms with Gasteiger partial charge in [-0.15, -0.1) is 0 Å². The molecular weight excluding hydrogens is 261 g/mol. The van der Waals surface area contributed by atoms with Crippen molar-refractivity contribution >= 4 is 17.5 Å². The standard InChI is InChI=1S/C12H11F3N2O2/c1-6-12(19)17(3-2-10(18)16-6)7-4-8(13)11(15)9(14)5-7/h4-6H,2-3H2,1H3,(H,16,18). The van der Waals surface area contributed by atoms with Crippen molar-refractivity contribution in [2.24, 2.45) is 0 Å². The zero-order valence-electron chi connectivity index (χ0n) is 10.0. The van der Waals surface area contributed by atoms with Gasteiger partial charge in [0.05, 0.1) is 0 Å². The lowest BCUT2D eigenvalue weighted by Gasteiger charge is -2.22. The molecule has 4 nitrogen and oxygen atoms in total. The smallest absolute Gasteiger partial charge is 0.249 e. The molecule has 1 aliphatic heterocycles. The van der Waals surface area contributed by atoms with Crippen LogP contribution in [-0.2, 0) is 9.59 Å². The molecular formula is C12H11F3N2O2. The summed E-state index contributed by atoms with van der Waals surface area (Å²) in [7, 11) is 0. The summed E-state index contributed by atoms with van der Waals surface area (Å²) in [5, 5.41) is 2.44. The SMILES string of the molecule is CC1NC(=O)CCN(c2cc(F)c(F)c(F)c2)C1=O. The lowest BCUT2D eigenvalue weighted by molar-refractivity contribution is -0.125. The number of hydrogen-bond donors (Lipinski definition) is 1. The Bertz CT molecular complexity index is 525. The van der Waals surface area contributed by atoms with Crippen molar-refractivity contribution in [1.29, 1.82) is 0 Å². The van der Waals surface area contributed by atoms with Crippen LogP contribution in [0.5, 0.6) is 0 Å². The van der Waals surface area contributed by atoms with E-state index in [1.807, 2.05) is 0 Å². The number of anilines is 1. The fourth-order valence-electron chi connectivity index (χ4n) is 1.89. The van der Waals surface area contributed by atoms with Crippen LogP contribution in [0, 0.1) is 17.5 Å². The number of hydrogen-bond acceptors (Lipinski definition) is 2. The minimum Gasteiger partial charge on any atom is -0.345 e. The van der Waals surface area contributed by atoms with Gasteiger partial charge in [-0.25, -0.2) is 13.2 Å². The maximum atomic E-state index is 13.2. The van der Waals surface area contributed by atoms with E-state index < -0.39 is 29.4 Å². The fourth-order valence-corrected chi connectivity index (χ4v) is 1.89. The summed E-state index contributed by atoms with van der Waals surface area (Å²) in [6, 6.07) is 0.670. The van der Waals surface area contributed by atoms with Gasteiger partial charge in [0.1, 0.15) is 6.04 Å². The maximum absolute atomic E-state index is 13.2. The van der Waals surface area contributed by atoms with Crippen LogP contribution in [0.1, 0.15) is 13.3 Å². The molecule has 1 saturated heterocycles. The summed E-state index contributed by atoms with van der Waals surface area (Å²) >= 11 is 0. The van der Waals surface area contributed by atoms with Crippen molar-refractivity contribution in [1.82, 2.24) is 5.32 Å². The molecule has 0 aliphatic carbocycles. The molecule has 19 heavy (non-hydrogen) atoms. The van der Waals surface area contributed by atoms with E-state index in [1.54, 1.807) is 0 Å². The Morgan fingerprint density at radius 2 is 1.79 bits per heavy atom. The predicted octanol–water partition coefficient (Wildman–Crippen LogP) is 1.35. The van der Waals surface area contributed by atoms with Crippen LogP contribution >= 0.6 is 0 Å². The number of nitrogens with zero attached hydrogens (tertiary/aromatic N) is 1. The molecule has 1 atom stereocenters. The second-order valence-electron chi connectivity index (χ2n) is 4.25. The zero-order valence-corrected chi connectivity index (χ0v) is 10.0. The van der Waals surface area contributed by atoms with Gasteiger partial charge in [0.15, 0.2) is 17.5 Å². The summed E-state index contributed by atoms with van der Waals surface area (Å²) < 4.78 is 39.2. The summed E-state index contributed by atoms with van der Waals surface area (Å²) in [6.45, 7) is 1.45. The largest absolute Gasteiger partial charge is 0.345 e. The van der Waals surface area contributed by atoms with Gasteiger partial charge in [0.2, 0.25) is 11.8 Å². The van der Waals surface area contributed by atoms with Gasteiger partial charge < -0.3 is 10.2 Å². The quantitative estimate of drug-likeness (QED) is 0.784. The topological polar surface area (TPSA) is 49.4 Å². The van der Waals surface area contributed by atoms with Crippen molar-refractivity contribution in [3.63, 3.8) is 0 Å². The molecule has 1 aliphatic rings. The first-order chi connectivity index (χ1) is 8.90. The molecule has 1 heterocycles. The number of halogens is 3. The Balaban J connectivity index is 2.39. The van der Waals surface area contributed by atoms with E-state index in [2.05, 4.69) is 5.32 Å². The molecule has 1 N–H and O–H groups in total. The summed E-state index contributed by atoms with van der Waals surface area (Å²) in [4.78, 5) is 24.3. The molecule has 0 spiro atoms. The van der Waals surface area contributed by atoms with Crippen molar-refractivity contribution in [2.75, 3.05) is 11.4 Å². The highest BCUT2D eigenvalue weighted by Crippen LogP contribution is 2.23. The first-order valence-electron chi connectivity index (χ1n) is 5.65. The molecule has 2 amide bonds.